The van der Waals surface area contributed by atoms with Gasteiger partial charge in [0.2, 0.25) is 0 Å². The summed E-state index contributed by atoms with van der Waals surface area (Å²) in [5, 5.41) is 0.531. The molecular weight excluding hydrogens is 279 g/mol. The van der Waals surface area contributed by atoms with Gasteiger partial charge in [-0.2, -0.15) is 8.42 Å². The maximum Gasteiger partial charge on any atom is 0.319 e. The second kappa shape index (κ2) is 4.30. The lowest BCUT2D eigenvalue weighted by molar-refractivity contribution is 0.492. The fourth-order valence-electron chi connectivity index (χ4n) is 0.659. The van der Waals surface area contributed by atoms with Crippen LogP contribution in [0, 0.1) is 0 Å². The molecule has 3 nitrogen and oxygen atoms in total. The van der Waals surface area contributed by atoms with Crippen LogP contribution in [-0.4, -0.2) is 13.1 Å². The predicted molar refractivity (Wildman–Crippen MR) is 54.8 cm³/mol. The molecule has 0 aliphatic heterocycles. The molecule has 0 aliphatic rings. The Kier molecular flexibility index (Phi) is 3.58. The molecule has 0 bridgehead atoms. The highest BCUT2D eigenvalue weighted by atomic mass is 79.9. The van der Waals surface area contributed by atoms with Crippen molar-refractivity contribution in [1.82, 2.24) is 0 Å². The van der Waals surface area contributed by atoms with Gasteiger partial charge in [-0.15, -0.1) is 0 Å². The van der Waals surface area contributed by atoms with Gasteiger partial charge in [-0.25, -0.2) is 0 Å². The molecule has 0 fully saturated rings. The molecule has 0 unspecified atom stereocenters. The molecule has 1 aromatic rings. The summed E-state index contributed by atoms with van der Waals surface area (Å²) >= 11 is 8.41. The first-order valence-electron chi connectivity index (χ1n) is 3.27. The second-order valence-corrected chi connectivity index (χ2v) is 5.51. The fraction of sp³-hybridized carbons (Fsp3) is 0.143. The van der Waals surface area contributed by atoms with Gasteiger partial charge in [-0.3, -0.25) is 0 Å². The summed E-state index contributed by atoms with van der Waals surface area (Å²) < 4.78 is 26.3. The van der Waals surface area contributed by atoms with E-state index in [-0.39, 0.29) is 10.4 Å². The van der Waals surface area contributed by atoms with E-state index < -0.39 is 10.1 Å². The Morgan fingerprint density at radius 2 is 1.85 bits per heavy atom. The van der Waals surface area contributed by atoms with E-state index in [1.54, 1.807) is 12.1 Å². The third-order valence-corrected chi connectivity index (χ3v) is 3.82. The van der Waals surface area contributed by atoms with Crippen LogP contribution in [0.5, 0.6) is 5.75 Å². The first kappa shape index (κ1) is 10.8. The van der Waals surface area contributed by atoms with Crippen LogP contribution in [0.4, 0.5) is 0 Å². The number of hydrogen-bond donors (Lipinski definition) is 0. The van der Waals surface area contributed by atoms with Crippen LogP contribution in [0.25, 0.3) is 0 Å². The predicted octanol–water partition coefficient (Wildman–Crippen LogP) is 2.40. The Morgan fingerprint density at radius 3 is 2.31 bits per heavy atom. The lowest BCUT2D eigenvalue weighted by atomic mass is 10.3. The van der Waals surface area contributed by atoms with E-state index in [9.17, 15) is 8.42 Å². The molecule has 0 N–H and O–H groups in total. The summed E-state index contributed by atoms with van der Waals surface area (Å²) in [5.41, 5.74) is 0. The van der Waals surface area contributed by atoms with Gasteiger partial charge in [0, 0.05) is 5.02 Å². The third kappa shape index (κ3) is 3.54. The topological polar surface area (TPSA) is 43.4 Å². The summed E-state index contributed by atoms with van der Waals surface area (Å²) in [6.45, 7) is 0. The summed E-state index contributed by atoms with van der Waals surface area (Å²) in [7, 11) is -3.51. The van der Waals surface area contributed by atoms with Crippen molar-refractivity contribution in [2.45, 2.75) is 0 Å². The quantitative estimate of drug-likeness (QED) is 0.633. The van der Waals surface area contributed by atoms with E-state index >= 15 is 0 Å². The van der Waals surface area contributed by atoms with Crippen molar-refractivity contribution in [3.8, 4) is 5.75 Å². The summed E-state index contributed by atoms with van der Waals surface area (Å²) in [6.07, 6.45) is 0. The van der Waals surface area contributed by atoms with Gasteiger partial charge >= 0.3 is 10.1 Å². The molecule has 0 saturated heterocycles. The number of hydrogen-bond acceptors (Lipinski definition) is 3. The van der Waals surface area contributed by atoms with Crippen LogP contribution >= 0.6 is 27.5 Å². The standard InChI is InChI=1S/C7H6BrClO3S/c8-5-13(10,11)12-7-3-1-6(9)2-4-7/h1-4H,5H2. The summed E-state index contributed by atoms with van der Waals surface area (Å²) in [4.78, 5) is 0. The Morgan fingerprint density at radius 1 is 1.31 bits per heavy atom. The van der Waals surface area contributed by atoms with E-state index in [2.05, 4.69) is 20.1 Å². The normalized spacial score (nSPS) is 11.2. The minimum atomic E-state index is -3.51. The lowest BCUT2D eigenvalue weighted by Crippen LogP contribution is -2.09. The van der Waals surface area contributed by atoms with Crippen molar-refractivity contribution in [1.29, 1.82) is 0 Å². The van der Waals surface area contributed by atoms with Gasteiger partial charge in [0.15, 0.2) is 0 Å². The largest absolute Gasteiger partial charge is 0.382 e. The molecule has 0 radical (unpaired) electrons. The van der Waals surface area contributed by atoms with E-state index in [1.807, 2.05) is 0 Å². The summed E-state index contributed by atoms with van der Waals surface area (Å²) in [5.74, 6) is 0.254. The number of benzene rings is 1. The molecule has 0 atom stereocenters. The van der Waals surface area contributed by atoms with Crippen molar-refractivity contribution in [2.75, 3.05) is 4.66 Å². The maximum absolute atomic E-state index is 11.0. The first-order chi connectivity index (χ1) is 6.03. The van der Waals surface area contributed by atoms with Crippen molar-refractivity contribution >= 4 is 37.6 Å². The zero-order chi connectivity index (χ0) is 9.90. The number of alkyl halides is 1. The molecule has 13 heavy (non-hydrogen) atoms. The Bertz CT molecular complexity index is 373. The van der Waals surface area contributed by atoms with Crippen molar-refractivity contribution in [2.24, 2.45) is 0 Å². The zero-order valence-corrected chi connectivity index (χ0v) is 9.56. The van der Waals surface area contributed by atoms with Crippen LogP contribution < -0.4 is 4.18 Å². The second-order valence-electron chi connectivity index (χ2n) is 2.20. The van der Waals surface area contributed by atoms with Gasteiger partial charge in [-0.05, 0) is 24.3 Å². The fourth-order valence-corrected chi connectivity index (χ4v) is 1.51. The Hall–Kier alpha value is -0.260. The summed E-state index contributed by atoms with van der Waals surface area (Å²) in [6, 6.07) is 6.09. The van der Waals surface area contributed by atoms with E-state index in [0.29, 0.717) is 5.02 Å². The van der Waals surface area contributed by atoms with Crippen LogP contribution in [0.15, 0.2) is 24.3 Å². The van der Waals surface area contributed by atoms with Crippen LogP contribution in [0.2, 0.25) is 5.02 Å². The highest BCUT2D eigenvalue weighted by molar-refractivity contribution is 9.10. The average Bonchev–Trinajstić information content (AvgIpc) is 2.09. The van der Waals surface area contributed by atoms with Crippen molar-refractivity contribution < 1.29 is 12.6 Å². The van der Waals surface area contributed by atoms with Gasteiger partial charge < -0.3 is 4.18 Å². The molecule has 6 heteroatoms. The molecular formula is C7H6BrClO3S. The zero-order valence-electron chi connectivity index (χ0n) is 6.41. The molecule has 72 valence electrons. The van der Waals surface area contributed by atoms with Crippen LogP contribution in [0.3, 0.4) is 0 Å². The number of halogens is 2. The minimum absolute atomic E-state index is 0.234. The Labute approximate surface area is 89.9 Å². The van der Waals surface area contributed by atoms with Crippen molar-refractivity contribution in [3.63, 3.8) is 0 Å². The van der Waals surface area contributed by atoms with E-state index in [0.717, 1.165) is 0 Å². The maximum atomic E-state index is 11.0. The minimum Gasteiger partial charge on any atom is -0.382 e. The monoisotopic (exact) mass is 284 g/mol. The highest BCUT2D eigenvalue weighted by Gasteiger charge is 2.09. The molecule has 0 aliphatic carbocycles. The van der Waals surface area contributed by atoms with Crippen LogP contribution in [0.1, 0.15) is 0 Å². The number of rotatable bonds is 3. The molecule has 1 aromatic carbocycles. The van der Waals surface area contributed by atoms with Gasteiger partial charge in [0.1, 0.15) is 10.4 Å². The van der Waals surface area contributed by atoms with Gasteiger partial charge in [0.25, 0.3) is 0 Å². The third-order valence-electron chi connectivity index (χ3n) is 1.17. The first-order valence-corrected chi connectivity index (χ1v) is 6.35. The van der Waals surface area contributed by atoms with E-state index in [1.165, 1.54) is 12.1 Å². The molecule has 0 saturated carbocycles. The SMILES string of the molecule is O=S(=O)(CBr)Oc1ccc(Cl)cc1. The van der Waals surface area contributed by atoms with E-state index in [4.69, 9.17) is 11.6 Å². The van der Waals surface area contributed by atoms with Gasteiger partial charge in [0.05, 0.1) is 0 Å². The van der Waals surface area contributed by atoms with Gasteiger partial charge in [-0.1, -0.05) is 27.5 Å². The molecule has 0 spiro atoms. The molecule has 1 rings (SSSR count). The van der Waals surface area contributed by atoms with Crippen molar-refractivity contribution in [3.05, 3.63) is 29.3 Å². The smallest absolute Gasteiger partial charge is 0.319 e. The molecule has 0 heterocycles. The average molecular weight is 286 g/mol. The molecule has 0 amide bonds. The highest BCUT2D eigenvalue weighted by Crippen LogP contribution is 2.17. The van der Waals surface area contributed by atoms with Crippen LogP contribution in [-0.2, 0) is 10.1 Å². The molecule has 0 aromatic heterocycles. The lowest BCUT2D eigenvalue weighted by Gasteiger charge is -2.03. The Balaban J connectivity index is 2.82.